The molecule has 0 aliphatic heterocycles. The molecular formula is C8H4Cl2F2N2. The molecular weight excluding hydrogens is 233 g/mol. The van der Waals surface area contributed by atoms with E-state index in [1.165, 1.54) is 0 Å². The lowest BCUT2D eigenvalue weighted by Crippen LogP contribution is -1.98. The predicted octanol–water partition coefficient (Wildman–Crippen LogP) is 3.28. The molecule has 0 radical (unpaired) electrons. The Morgan fingerprint density at radius 1 is 1.57 bits per heavy atom. The molecule has 0 atom stereocenters. The van der Waals surface area contributed by atoms with Crippen LogP contribution in [0.25, 0.3) is 0 Å². The molecule has 1 rings (SSSR count). The molecule has 1 aromatic rings. The van der Waals surface area contributed by atoms with Gasteiger partial charge in [0.1, 0.15) is 11.2 Å². The topological polar surface area (TPSA) is 36.7 Å². The molecule has 14 heavy (non-hydrogen) atoms. The van der Waals surface area contributed by atoms with E-state index in [1.807, 2.05) is 0 Å². The maximum Gasteiger partial charge on any atom is 0.265 e. The van der Waals surface area contributed by atoms with Crippen molar-refractivity contribution in [1.82, 2.24) is 4.98 Å². The number of pyridine rings is 1. The largest absolute Gasteiger partial charge is 0.265 e. The van der Waals surface area contributed by atoms with E-state index in [2.05, 4.69) is 4.98 Å². The molecule has 0 fully saturated rings. The summed E-state index contributed by atoms with van der Waals surface area (Å²) in [6, 6.07) is 2.68. The Hall–Kier alpha value is -0.920. The van der Waals surface area contributed by atoms with Gasteiger partial charge in [0.05, 0.1) is 17.1 Å². The second kappa shape index (κ2) is 4.54. The minimum atomic E-state index is -2.71. The molecule has 0 unspecified atom stereocenters. The molecule has 2 nitrogen and oxygen atoms in total. The van der Waals surface area contributed by atoms with Crippen LogP contribution in [0.5, 0.6) is 0 Å². The van der Waals surface area contributed by atoms with Crippen molar-refractivity contribution < 1.29 is 8.78 Å². The second-order valence-electron chi connectivity index (χ2n) is 2.41. The maximum atomic E-state index is 12.4. The molecule has 0 aliphatic rings. The third-order valence-corrected chi connectivity index (χ3v) is 2.11. The number of rotatable bonds is 2. The van der Waals surface area contributed by atoms with Gasteiger partial charge in [-0.3, -0.25) is 0 Å². The number of hydrogen-bond donors (Lipinski definition) is 0. The Kier molecular flexibility index (Phi) is 3.62. The van der Waals surface area contributed by atoms with Gasteiger partial charge in [-0.15, -0.1) is 11.6 Å². The van der Waals surface area contributed by atoms with Crippen LogP contribution in [0.2, 0.25) is 5.15 Å². The molecule has 0 bridgehead atoms. The van der Waals surface area contributed by atoms with Crippen molar-refractivity contribution in [2.45, 2.75) is 12.3 Å². The molecule has 0 spiro atoms. The SMILES string of the molecule is N#Cc1cc(C(F)F)c(CCl)nc1Cl. The maximum absolute atomic E-state index is 12.4. The van der Waals surface area contributed by atoms with Gasteiger partial charge in [-0.1, -0.05) is 11.6 Å². The lowest BCUT2D eigenvalue weighted by Gasteiger charge is -2.06. The van der Waals surface area contributed by atoms with E-state index >= 15 is 0 Å². The second-order valence-corrected chi connectivity index (χ2v) is 3.03. The van der Waals surface area contributed by atoms with E-state index in [1.54, 1.807) is 6.07 Å². The highest BCUT2D eigenvalue weighted by Crippen LogP contribution is 2.26. The molecule has 74 valence electrons. The highest BCUT2D eigenvalue weighted by atomic mass is 35.5. The van der Waals surface area contributed by atoms with Crippen molar-refractivity contribution in [3.63, 3.8) is 0 Å². The van der Waals surface area contributed by atoms with Crippen molar-refractivity contribution in [2.24, 2.45) is 0 Å². The van der Waals surface area contributed by atoms with E-state index in [9.17, 15) is 8.78 Å². The normalized spacial score (nSPS) is 10.3. The van der Waals surface area contributed by atoms with Gasteiger partial charge in [-0.25, -0.2) is 13.8 Å². The first-order valence-corrected chi connectivity index (χ1v) is 4.45. The number of hydrogen-bond acceptors (Lipinski definition) is 2. The van der Waals surface area contributed by atoms with Crippen LogP contribution in [0.4, 0.5) is 8.78 Å². The molecule has 6 heteroatoms. The summed E-state index contributed by atoms with van der Waals surface area (Å²) in [5.41, 5.74) is -0.414. The molecule has 0 aliphatic carbocycles. The van der Waals surface area contributed by atoms with Crippen molar-refractivity contribution >= 4 is 23.2 Å². The van der Waals surface area contributed by atoms with Crippen LogP contribution in [-0.4, -0.2) is 4.98 Å². The fourth-order valence-electron chi connectivity index (χ4n) is 0.916. The molecule has 0 saturated heterocycles. The van der Waals surface area contributed by atoms with Crippen molar-refractivity contribution in [3.05, 3.63) is 28.0 Å². The highest BCUT2D eigenvalue weighted by Gasteiger charge is 2.16. The average molecular weight is 237 g/mol. The quantitative estimate of drug-likeness (QED) is 0.584. The minimum absolute atomic E-state index is 0.00525. The summed E-state index contributed by atoms with van der Waals surface area (Å²) in [5.74, 6) is -0.162. The third-order valence-electron chi connectivity index (χ3n) is 1.57. The van der Waals surface area contributed by atoms with Gasteiger partial charge in [0.25, 0.3) is 6.43 Å². The van der Waals surface area contributed by atoms with E-state index < -0.39 is 6.43 Å². The molecule has 0 amide bonds. The molecule has 0 N–H and O–H groups in total. The Labute approximate surface area is 89.1 Å². The van der Waals surface area contributed by atoms with Crippen molar-refractivity contribution in [1.29, 1.82) is 5.26 Å². The number of aromatic nitrogens is 1. The Morgan fingerprint density at radius 2 is 2.21 bits per heavy atom. The van der Waals surface area contributed by atoms with Crippen LogP contribution < -0.4 is 0 Å². The van der Waals surface area contributed by atoms with Gasteiger partial charge in [-0.2, -0.15) is 5.26 Å². The fourth-order valence-corrected chi connectivity index (χ4v) is 1.33. The van der Waals surface area contributed by atoms with E-state index in [-0.39, 0.29) is 27.9 Å². The standard InChI is InChI=1S/C8H4Cl2F2N2/c9-2-6-5(8(11)12)1-4(3-13)7(10)14-6/h1,8H,2H2. The molecule has 1 heterocycles. The summed E-state index contributed by atoms with van der Waals surface area (Å²) in [4.78, 5) is 3.61. The highest BCUT2D eigenvalue weighted by molar-refractivity contribution is 6.30. The molecule has 0 aromatic carbocycles. The summed E-state index contributed by atoms with van der Waals surface area (Å²) in [7, 11) is 0. The van der Waals surface area contributed by atoms with Crippen LogP contribution in [0, 0.1) is 11.3 Å². The van der Waals surface area contributed by atoms with Gasteiger partial charge in [-0.05, 0) is 6.07 Å². The Bertz CT molecular complexity index is 388. The van der Waals surface area contributed by atoms with Gasteiger partial charge < -0.3 is 0 Å². The lowest BCUT2D eigenvalue weighted by atomic mass is 10.1. The van der Waals surface area contributed by atoms with Crippen LogP contribution in [-0.2, 0) is 5.88 Å². The summed E-state index contributed by atoms with van der Waals surface area (Å²) in [6.45, 7) is 0. The first-order valence-electron chi connectivity index (χ1n) is 3.53. The van der Waals surface area contributed by atoms with E-state index in [0.29, 0.717) is 0 Å². The zero-order chi connectivity index (χ0) is 10.7. The third kappa shape index (κ3) is 2.11. The summed E-state index contributed by atoms with van der Waals surface area (Å²) < 4.78 is 24.8. The number of halogens is 4. The summed E-state index contributed by atoms with van der Waals surface area (Å²) in [5, 5.41) is 8.43. The van der Waals surface area contributed by atoms with Crippen molar-refractivity contribution in [3.8, 4) is 6.07 Å². The van der Waals surface area contributed by atoms with Crippen molar-refractivity contribution in [2.75, 3.05) is 0 Å². The van der Waals surface area contributed by atoms with Crippen LogP contribution in [0.1, 0.15) is 23.2 Å². The van der Waals surface area contributed by atoms with Crippen LogP contribution in [0.15, 0.2) is 6.07 Å². The Morgan fingerprint density at radius 3 is 2.64 bits per heavy atom. The molecule has 0 saturated carbocycles. The van der Waals surface area contributed by atoms with Crippen LogP contribution >= 0.6 is 23.2 Å². The number of nitriles is 1. The molecule has 1 aromatic heterocycles. The van der Waals surface area contributed by atoms with Gasteiger partial charge in [0.15, 0.2) is 0 Å². The average Bonchev–Trinajstić information content (AvgIpc) is 2.16. The Balaban J connectivity index is 3.34. The predicted molar refractivity (Wildman–Crippen MR) is 48.5 cm³/mol. The smallest absolute Gasteiger partial charge is 0.238 e. The van der Waals surface area contributed by atoms with E-state index in [4.69, 9.17) is 28.5 Å². The lowest BCUT2D eigenvalue weighted by molar-refractivity contribution is 0.150. The summed E-state index contributed by atoms with van der Waals surface area (Å²) in [6.07, 6.45) is -2.71. The fraction of sp³-hybridized carbons (Fsp3) is 0.250. The zero-order valence-electron chi connectivity index (χ0n) is 6.77. The van der Waals surface area contributed by atoms with Gasteiger partial charge in [0.2, 0.25) is 0 Å². The number of alkyl halides is 3. The minimum Gasteiger partial charge on any atom is -0.238 e. The first kappa shape index (κ1) is 11.2. The van der Waals surface area contributed by atoms with Gasteiger partial charge >= 0.3 is 0 Å². The summed E-state index contributed by atoms with van der Waals surface area (Å²) >= 11 is 11.0. The van der Waals surface area contributed by atoms with Gasteiger partial charge in [0, 0.05) is 5.56 Å². The van der Waals surface area contributed by atoms with E-state index in [0.717, 1.165) is 6.07 Å². The number of nitrogens with zero attached hydrogens (tertiary/aromatic N) is 2. The van der Waals surface area contributed by atoms with Crippen LogP contribution in [0.3, 0.4) is 0 Å². The zero-order valence-corrected chi connectivity index (χ0v) is 8.28. The first-order chi connectivity index (χ1) is 6.60. The monoisotopic (exact) mass is 236 g/mol.